The van der Waals surface area contributed by atoms with Gasteiger partial charge in [-0.1, -0.05) is 58.4 Å². The van der Waals surface area contributed by atoms with Gasteiger partial charge in [-0.15, -0.1) is 0 Å². The minimum atomic E-state index is -4.04. The second-order valence-electron chi connectivity index (χ2n) is 6.49. The van der Waals surface area contributed by atoms with E-state index in [0.717, 1.165) is 4.31 Å². The average molecular weight is 516 g/mol. The molecule has 3 aromatic rings. The summed E-state index contributed by atoms with van der Waals surface area (Å²) in [5.74, 6) is -1.83. The lowest BCUT2D eigenvalue weighted by Crippen LogP contribution is -2.39. The van der Waals surface area contributed by atoms with Crippen LogP contribution in [0.3, 0.4) is 0 Å². The highest BCUT2D eigenvalue weighted by atomic mass is 79.9. The second-order valence-corrected chi connectivity index (χ2v) is 9.27. The molecular formula is C22H18BrN3O5S. The molecule has 0 atom stereocenters. The number of carbonyl (C=O) groups is 2. The van der Waals surface area contributed by atoms with Crippen molar-refractivity contribution in [3.8, 4) is 0 Å². The van der Waals surface area contributed by atoms with Crippen molar-refractivity contribution >= 4 is 49.7 Å². The number of hydrogen-bond acceptors (Lipinski definition) is 5. The zero-order chi connectivity index (χ0) is 23.1. The third-order valence-corrected chi connectivity index (χ3v) is 6.58. The normalized spacial score (nSPS) is 11.3. The molecule has 10 heteroatoms. The van der Waals surface area contributed by atoms with Crippen LogP contribution in [0.2, 0.25) is 0 Å². The first-order valence-corrected chi connectivity index (χ1v) is 11.5. The van der Waals surface area contributed by atoms with Crippen LogP contribution in [0.15, 0.2) is 93.3 Å². The molecule has 0 fully saturated rings. The molecule has 0 aliphatic heterocycles. The van der Waals surface area contributed by atoms with E-state index in [0.29, 0.717) is 15.7 Å². The van der Waals surface area contributed by atoms with Gasteiger partial charge in [0.05, 0.1) is 22.4 Å². The standard InChI is InChI=1S/C22H18BrN3O5S/c23-17-8-6-9-18(13-17)26(32(30,31)19-10-2-1-3-11-19)15-21(27)25-24-14-16-7-4-5-12-20(16)22(28)29/h1-14H,15H2,(H,25,27)(H,28,29)/b24-14-. The Morgan fingerprint density at radius 3 is 2.38 bits per heavy atom. The number of carbonyl (C=O) groups excluding carboxylic acids is 1. The van der Waals surface area contributed by atoms with Crippen LogP contribution >= 0.6 is 15.9 Å². The number of sulfonamides is 1. The molecule has 32 heavy (non-hydrogen) atoms. The van der Waals surface area contributed by atoms with Crippen molar-refractivity contribution in [2.75, 3.05) is 10.8 Å². The molecule has 3 rings (SSSR count). The first-order chi connectivity index (χ1) is 15.3. The number of halogens is 1. The van der Waals surface area contributed by atoms with Crippen LogP contribution in [-0.4, -0.2) is 38.2 Å². The van der Waals surface area contributed by atoms with Gasteiger partial charge in [-0.05, 0) is 36.4 Å². The Kier molecular flexibility index (Phi) is 7.39. The smallest absolute Gasteiger partial charge is 0.336 e. The van der Waals surface area contributed by atoms with E-state index >= 15 is 0 Å². The minimum Gasteiger partial charge on any atom is -0.478 e. The quantitative estimate of drug-likeness (QED) is 0.351. The van der Waals surface area contributed by atoms with Crippen molar-refractivity contribution in [1.29, 1.82) is 0 Å². The van der Waals surface area contributed by atoms with Crippen LogP contribution in [0.25, 0.3) is 0 Å². The number of hydrogen-bond donors (Lipinski definition) is 2. The average Bonchev–Trinajstić information content (AvgIpc) is 2.78. The first kappa shape index (κ1) is 23.2. The highest BCUT2D eigenvalue weighted by Gasteiger charge is 2.27. The summed E-state index contributed by atoms with van der Waals surface area (Å²) >= 11 is 3.31. The lowest BCUT2D eigenvalue weighted by atomic mass is 10.1. The molecule has 0 aliphatic rings. The number of rotatable bonds is 8. The highest BCUT2D eigenvalue weighted by molar-refractivity contribution is 9.10. The monoisotopic (exact) mass is 515 g/mol. The Balaban J connectivity index is 1.84. The molecule has 0 unspecified atom stereocenters. The number of amides is 1. The predicted molar refractivity (Wildman–Crippen MR) is 124 cm³/mol. The number of benzene rings is 3. The molecule has 164 valence electrons. The molecule has 0 radical (unpaired) electrons. The van der Waals surface area contributed by atoms with Gasteiger partial charge in [0.15, 0.2) is 0 Å². The fourth-order valence-corrected chi connectivity index (χ4v) is 4.63. The summed E-state index contributed by atoms with van der Waals surface area (Å²) in [5, 5.41) is 13.0. The van der Waals surface area contributed by atoms with Crippen molar-refractivity contribution in [2.45, 2.75) is 4.90 Å². The fraction of sp³-hybridized carbons (Fsp3) is 0.0455. The lowest BCUT2D eigenvalue weighted by molar-refractivity contribution is -0.119. The number of aromatic carboxylic acids is 1. The molecule has 0 aliphatic carbocycles. The number of nitrogens with zero attached hydrogens (tertiary/aromatic N) is 2. The Hall–Kier alpha value is -3.50. The molecule has 0 saturated heterocycles. The summed E-state index contributed by atoms with van der Waals surface area (Å²) in [5.41, 5.74) is 2.86. The molecule has 0 heterocycles. The SMILES string of the molecule is O=C(CN(c1cccc(Br)c1)S(=O)(=O)c1ccccc1)N/N=C\c1ccccc1C(=O)O. The molecule has 8 nitrogen and oxygen atoms in total. The molecule has 3 aromatic carbocycles. The Morgan fingerprint density at radius 2 is 1.69 bits per heavy atom. The third kappa shape index (κ3) is 5.59. The van der Waals surface area contributed by atoms with Crippen molar-refractivity contribution < 1.29 is 23.1 Å². The van der Waals surface area contributed by atoms with E-state index in [1.165, 1.54) is 30.5 Å². The number of carboxylic acids is 1. The van der Waals surface area contributed by atoms with Crippen LogP contribution < -0.4 is 9.73 Å². The van der Waals surface area contributed by atoms with E-state index in [4.69, 9.17) is 0 Å². The molecule has 2 N–H and O–H groups in total. The summed E-state index contributed by atoms with van der Waals surface area (Å²) in [6.45, 7) is -0.536. The Labute approximate surface area is 193 Å². The predicted octanol–water partition coefficient (Wildman–Crippen LogP) is 3.49. The van der Waals surface area contributed by atoms with E-state index in [2.05, 4.69) is 26.5 Å². The molecule has 0 spiro atoms. The van der Waals surface area contributed by atoms with Crippen molar-refractivity contribution in [2.24, 2.45) is 5.10 Å². The third-order valence-electron chi connectivity index (χ3n) is 4.30. The minimum absolute atomic E-state index is 0.0212. The van der Waals surface area contributed by atoms with Gasteiger partial charge in [-0.25, -0.2) is 18.6 Å². The fourth-order valence-electron chi connectivity index (χ4n) is 2.81. The number of anilines is 1. The van der Waals surface area contributed by atoms with E-state index in [9.17, 15) is 23.1 Å². The van der Waals surface area contributed by atoms with Gasteiger partial charge in [-0.3, -0.25) is 9.10 Å². The van der Waals surface area contributed by atoms with Crippen molar-refractivity contribution in [1.82, 2.24) is 5.43 Å². The molecule has 1 amide bonds. The zero-order valence-electron chi connectivity index (χ0n) is 16.6. The summed E-state index contributed by atoms with van der Waals surface area (Å²) < 4.78 is 28.1. The first-order valence-electron chi connectivity index (χ1n) is 9.26. The molecule has 0 aromatic heterocycles. The van der Waals surface area contributed by atoms with Crippen molar-refractivity contribution in [3.63, 3.8) is 0 Å². The van der Waals surface area contributed by atoms with Crippen LogP contribution in [0.4, 0.5) is 5.69 Å². The van der Waals surface area contributed by atoms with Gasteiger partial charge in [-0.2, -0.15) is 5.10 Å². The van der Waals surface area contributed by atoms with Crippen LogP contribution in [0, 0.1) is 0 Å². The topological polar surface area (TPSA) is 116 Å². The summed E-state index contributed by atoms with van der Waals surface area (Å²) in [6, 6.07) is 20.5. The molecular weight excluding hydrogens is 498 g/mol. The van der Waals surface area contributed by atoms with E-state index in [-0.39, 0.29) is 10.5 Å². The summed E-state index contributed by atoms with van der Waals surface area (Å²) in [6.07, 6.45) is 1.19. The van der Waals surface area contributed by atoms with Gasteiger partial charge in [0, 0.05) is 10.0 Å². The van der Waals surface area contributed by atoms with Gasteiger partial charge in [0.1, 0.15) is 6.54 Å². The second kappa shape index (κ2) is 10.2. The zero-order valence-corrected chi connectivity index (χ0v) is 19.0. The highest BCUT2D eigenvalue weighted by Crippen LogP contribution is 2.26. The van der Waals surface area contributed by atoms with Gasteiger partial charge >= 0.3 is 5.97 Å². The van der Waals surface area contributed by atoms with E-state index in [1.54, 1.807) is 54.6 Å². The van der Waals surface area contributed by atoms with Crippen LogP contribution in [-0.2, 0) is 14.8 Å². The maximum absolute atomic E-state index is 13.2. The van der Waals surface area contributed by atoms with E-state index in [1.807, 2.05) is 0 Å². The van der Waals surface area contributed by atoms with Gasteiger partial charge in [0.2, 0.25) is 0 Å². The van der Waals surface area contributed by atoms with Gasteiger partial charge in [0.25, 0.3) is 15.9 Å². The lowest BCUT2D eigenvalue weighted by Gasteiger charge is -2.23. The number of hydrazone groups is 1. The van der Waals surface area contributed by atoms with Crippen LogP contribution in [0.1, 0.15) is 15.9 Å². The Morgan fingerprint density at radius 1 is 1.00 bits per heavy atom. The molecule has 0 saturated carbocycles. The maximum atomic E-state index is 13.2. The summed E-state index contributed by atoms with van der Waals surface area (Å²) in [4.78, 5) is 23.8. The molecule has 0 bridgehead atoms. The largest absolute Gasteiger partial charge is 0.478 e. The summed E-state index contributed by atoms with van der Waals surface area (Å²) in [7, 11) is -4.04. The Bertz CT molecular complexity index is 1260. The van der Waals surface area contributed by atoms with E-state index < -0.39 is 28.4 Å². The number of nitrogens with one attached hydrogen (secondary N) is 1. The maximum Gasteiger partial charge on any atom is 0.336 e. The van der Waals surface area contributed by atoms with Crippen LogP contribution in [0.5, 0.6) is 0 Å². The van der Waals surface area contributed by atoms with Gasteiger partial charge < -0.3 is 5.11 Å². The van der Waals surface area contributed by atoms with Crippen molar-refractivity contribution in [3.05, 3.63) is 94.5 Å². The number of carboxylic acid groups (broad SMARTS) is 1.